The van der Waals surface area contributed by atoms with Crippen LogP contribution >= 0.6 is 24.0 Å². The Morgan fingerprint density at radius 2 is 1.95 bits per heavy atom. The number of para-hydroxylation sites is 1. The maximum Gasteiger partial charge on any atom is 0.191 e. The molecule has 2 N–H and O–H groups in total. The zero-order chi connectivity index (χ0) is 14.9. The molecule has 1 aliphatic rings. The molecule has 5 nitrogen and oxygen atoms in total. The number of hydrogen-bond donors (Lipinski definition) is 1. The van der Waals surface area contributed by atoms with Gasteiger partial charge in [0.2, 0.25) is 0 Å². The first-order chi connectivity index (χ1) is 10.3. The standard InChI is InChI=1S/C16H26N4O.HI/c1-2-19(15-7-4-3-5-8-15)10-6-9-18-16(17)20-11-13-21-14-12-20;/h3-5,7-8H,2,6,9-14H2,1H3,(H2,17,18);1H. The monoisotopic (exact) mass is 418 g/mol. The molecule has 1 aliphatic heterocycles. The Hall–Kier alpha value is -1.02. The molecule has 124 valence electrons. The fraction of sp³-hybridized carbons (Fsp3) is 0.562. The minimum Gasteiger partial charge on any atom is -0.378 e. The second-order valence-electron chi connectivity index (χ2n) is 5.11. The van der Waals surface area contributed by atoms with Crippen molar-refractivity contribution in [3.63, 3.8) is 0 Å². The number of benzene rings is 1. The van der Waals surface area contributed by atoms with Crippen LogP contribution in [0.1, 0.15) is 13.3 Å². The van der Waals surface area contributed by atoms with Crippen LogP contribution in [0.25, 0.3) is 0 Å². The Morgan fingerprint density at radius 1 is 1.27 bits per heavy atom. The molecule has 1 heterocycles. The summed E-state index contributed by atoms with van der Waals surface area (Å²) >= 11 is 0. The lowest BCUT2D eigenvalue weighted by Crippen LogP contribution is -2.44. The van der Waals surface area contributed by atoms with Crippen LogP contribution in [-0.2, 0) is 4.74 Å². The Kier molecular flexibility index (Phi) is 9.22. The number of anilines is 1. The van der Waals surface area contributed by atoms with E-state index in [9.17, 15) is 0 Å². The van der Waals surface area contributed by atoms with Crippen LogP contribution in [0.15, 0.2) is 35.3 Å². The number of halogens is 1. The maximum absolute atomic E-state index is 6.02. The average molecular weight is 418 g/mol. The van der Waals surface area contributed by atoms with Crippen LogP contribution in [0.2, 0.25) is 0 Å². The second kappa shape index (κ2) is 10.7. The van der Waals surface area contributed by atoms with Crippen molar-refractivity contribution in [2.45, 2.75) is 13.3 Å². The van der Waals surface area contributed by atoms with Gasteiger partial charge in [0.1, 0.15) is 0 Å². The van der Waals surface area contributed by atoms with E-state index in [1.807, 2.05) is 6.07 Å². The lowest BCUT2D eigenvalue weighted by Gasteiger charge is -2.27. The van der Waals surface area contributed by atoms with Gasteiger partial charge in [-0.2, -0.15) is 0 Å². The molecule has 0 unspecified atom stereocenters. The fourth-order valence-corrected chi connectivity index (χ4v) is 2.46. The summed E-state index contributed by atoms with van der Waals surface area (Å²) in [6.45, 7) is 8.14. The first-order valence-electron chi connectivity index (χ1n) is 7.74. The number of hydrogen-bond acceptors (Lipinski definition) is 3. The minimum absolute atomic E-state index is 0. The Labute approximate surface area is 150 Å². The molecule has 1 aromatic carbocycles. The van der Waals surface area contributed by atoms with E-state index in [-0.39, 0.29) is 24.0 Å². The number of rotatable bonds is 6. The van der Waals surface area contributed by atoms with Crippen molar-refractivity contribution in [3.05, 3.63) is 30.3 Å². The number of nitrogens with zero attached hydrogens (tertiary/aromatic N) is 3. The minimum atomic E-state index is 0. The maximum atomic E-state index is 6.02. The summed E-state index contributed by atoms with van der Waals surface area (Å²) in [5.74, 6) is 0.654. The molecule has 0 amide bonds. The predicted molar refractivity (Wildman–Crippen MR) is 103 cm³/mol. The van der Waals surface area contributed by atoms with Gasteiger partial charge in [0, 0.05) is 38.4 Å². The van der Waals surface area contributed by atoms with Crippen LogP contribution in [-0.4, -0.2) is 56.8 Å². The molecular weight excluding hydrogens is 391 g/mol. The van der Waals surface area contributed by atoms with Crippen molar-refractivity contribution in [3.8, 4) is 0 Å². The molecule has 0 radical (unpaired) electrons. The van der Waals surface area contributed by atoms with E-state index in [4.69, 9.17) is 10.5 Å². The van der Waals surface area contributed by atoms with Gasteiger partial charge in [-0.25, -0.2) is 0 Å². The molecule has 0 atom stereocenters. The van der Waals surface area contributed by atoms with E-state index >= 15 is 0 Å². The highest BCUT2D eigenvalue weighted by Crippen LogP contribution is 2.12. The smallest absolute Gasteiger partial charge is 0.191 e. The van der Waals surface area contributed by atoms with Gasteiger partial charge >= 0.3 is 0 Å². The third kappa shape index (κ3) is 6.00. The average Bonchev–Trinajstić information content (AvgIpc) is 2.56. The van der Waals surface area contributed by atoms with E-state index < -0.39 is 0 Å². The highest BCUT2D eigenvalue weighted by atomic mass is 127. The van der Waals surface area contributed by atoms with E-state index in [1.165, 1.54) is 5.69 Å². The van der Waals surface area contributed by atoms with Crippen LogP contribution in [0, 0.1) is 0 Å². The summed E-state index contributed by atoms with van der Waals surface area (Å²) in [4.78, 5) is 8.94. The number of morpholine rings is 1. The lowest BCUT2D eigenvalue weighted by molar-refractivity contribution is 0.0674. The van der Waals surface area contributed by atoms with E-state index in [1.54, 1.807) is 0 Å². The van der Waals surface area contributed by atoms with Gasteiger partial charge < -0.3 is 20.3 Å². The van der Waals surface area contributed by atoms with Gasteiger partial charge in [0.25, 0.3) is 0 Å². The van der Waals surface area contributed by atoms with E-state index in [0.717, 1.165) is 52.4 Å². The quantitative estimate of drug-likeness (QED) is 0.333. The molecule has 0 aromatic heterocycles. The van der Waals surface area contributed by atoms with Crippen molar-refractivity contribution >= 4 is 35.6 Å². The van der Waals surface area contributed by atoms with Crippen LogP contribution in [0.3, 0.4) is 0 Å². The number of aliphatic imine (C=N–C) groups is 1. The van der Waals surface area contributed by atoms with Crippen molar-refractivity contribution in [2.75, 3.05) is 50.8 Å². The highest BCUT2D eigenvalue weighted by molar-refractivity contribution is 14.0. The molecule has 1 saturated heterocycles. The number of ether oxygens (including phenoxy) is 1. The summed E-state index contributed by atoms with van der Waals surface area (Å²) in [6.07, 6.45) is 1.01. The van der Waals surface area contributed by atoms with Crippen LogP contribution in [0.5, 0.6) is 0 Å². The molecule has 2 rings (SSSR count). The largest absolute Gasteiger partial charge is 0.378 e. The molecular formula is C16H27IN4O. The summed E-state index contributed by atoms with van der Waals surface area (Å²) in [5, 5.41) is 0. The highest BCUT2D eigenvalue weighted by Gasteiger charge is 2.11. The van der Waals surface area contributed by atoms with Gasteiger partial charge in [0.05, 0.1) is 13.2 Å². The summed E-state index contributed by atoms with van der Waals surface area (Å²) in [7, 11) is 0. The first kappa shape index (κ1) is 19.0. The second-order valence-corrected chi connectivity index (χ2v) is 5.11. The lowest BCUT2D eigenvalue weighted by atomic mass is 10.2. The third-order valence-electron chi connectivity index (χ3n) is 3.70. The van der Waals surface area contributed by atoms with Gasteiger partial charge in [-0.1, -0.05) is 18.2 Å². The van der Waals surface area contributed by atoms with E-state index in [0.29, 0.717) is 5.96 Å². The molecule has 1 aromatic rings. The summed E-state index contributed by atoms with van der Waals surface area (Å²) < 4.78 is 5.31. The fourth-order valence-electron chi connectivity index (χ4n) is 2.46. The van der Waals surface area contributed by atoms with Crippen molar-refractivity contribution in [1.82, 2.24) is 4.90 Å². The Morgan fingerprint density at radius 3 is 2.59 bits per heavy atom. The van der Waals surface area contributed by atoms with Gasteiger partial charge in [-0.05, 0) is 25.5 Å². The predicted octanol–water partition coefficient (Wildman–Crippen LogP) is 2.17. The topological polar surface area (TPSA) is 54.1 Å². The van der Waals surface area contributed by atoms with Gasteiger partial charge in [-0.15, -0.1) is 24.0 Å². The SMILES string of the molecule is CCN(CCCN=C(N)N1CCOCC1)c1ccccc1.I. The number of guanidine groups is 1. The summed E-state index contributed by atoms with van der Waals surface area (Å²) in [6, 6.07) is 10.5. The van der Waals surface area contributed by atoms with Crippen molar-refractivity contribution in [2.24, 2.45) is 10.7 Å². The summed E-state index contributed by atoms with van der Waals surface area (Å²) in [5.41, 5.74) is 7.28. The normalized spacial score (nSPS) is 15.3. The zero-order valence-corrected chi connectivity index (χ0v) is 15.6. The molecule has 0 saturated carbocycles. The first-order valence-corrected chi connectivity index (χ1v) is 7.74. The van der Waals surface area contributed by atoms with E-state index in [2.05, 4.69) is 46.0 Å². The van der Waals surface area contributed by atoms with Crippen molar-refractivity contribution < 1.29 is 4.74 Å². The molecule has 1 fully saturated rings. The molecule has 0 spiro atoms. The Balaban J connectivity index is 0.00000242. The molecule has 22 heavy (non-hydrogen) atoms. The number of nitrogens with two attached hydrogens (primary N) is 1. The van der Waals surface area contributed by atoms with Crippen LogP contribution < -0.4 is 10.6 Å². The van der Waals surface area contributed by atoms with Crippen LogP contribution in [0.4, 0.5) is 5.69 Å². The molecule has 0 aliphatic carbocycles. The van der Waals surface area contributed by atoms with Crippen molar-refractivity contribution in [1.29, 1.82) is 0 Å². The zero-order valence-electron chi connectivity index (χ0n) is 13.3. The molecule has 6 heteroatoms. The van der Waals surface area contributed by atoms with Gasteiger partial charge in [-0.3, -0.25) is 4.99 Å². The third-order valence-corrected chi connectivity index (χ3v) is 3.70. The molecule has 0 bridgehead atoms. The van der Waals surface area contributed by atoms with Gasteiger partial charge in [0.15, 0.2) is 5.96 Å². The Bertz CT molecular complexity index is 435.